The number of allylic oxidation sites excluding steroid dienone is 2. The minimum absolute atomic E-state index is 0.425. The summed E-state index contributed by atoms with van der Waals surface area (Å²) < 4.78 is 51.3. The fraction of sp³-hybridized carbons (Fsp3) is 0.875. The van der Waals surface area contributed by atoms with E-state index in [4.69, 9.17) is 37.2 Å². The molecule has 0 radical (unpaired) electrons. The molecule has 0 saturated carbocycles. The Morgan fingerprint density at radius 3 is 0.795 bits per heavy atom. The molecular weight excluding hydrogens is 556 g/mol. The zero-order chi connectivity index (χ0) is 33.4. The first-order chi connectivity index (χ1) is 19.7. The van der Waals surface area contributed by atoms with E-state index in [1.807, 2.05) is 0 Å². The number of rotatable bonds is 9. The molecule has 246 valence electrons. The average Bonchev–Trinajstić information content (AvgIpc) is 3.34. The number of hydrogen-bond donors (Lipinski definition) is 0. The van der Waals surface area contributed by atoms with E-state index in [0.717, 1.165) is 36.6 Å². The molecule has 4 aliphatic rings. The normalized spacial score (nSPS) is 29.6. The average molecular weight is 614 g/mol. The molecule has 4 aliphatic heterocycles. The molecule has 4 rings (SSSR count). The summed E-state index contributed by atoms with van der Waals surface area (Å²) in [6, 6.07) is 0. The maximum absolute atomic E-state index is 6.49. The maximum Gasteiger partial charge on any atom is 0.489 e. The Labute approximate surface area is 269 Å². The monoisotopic (exact) mass is 614 g/mol. The van der Waals surface area contributed by atoms with Gasteiger partial charge in [0.25, 0.3) is 0 Å². The summed E-state index contributed by atoms with van der Waals surface area (Å²) in [6.07, 6.45) is 3.34. The molecule has 4 heterocycles. The highest BCUT2D eigenvalue weighted by Gasteiger charge is 2.56. The van der Waals surface area contributed by atoms with Gasteiger partial charge < -0.3 is 37.2 Å². The van der Waals surface area contributed by atoms with Gasteiger partial charge >= 0.3 is 28.5 Å². The van der Waals surface area contributed by atoms with Crippen LogP contribution in [0.5, 0.6) is 0 Å². The smallest absolute Gasteiger partial charge is 0.400 e. The van der Waals surface area contributed by atoms with Crippen molar-refractivity contribution in [2.24, 2.45) is 0 Å². The van der Waals surface area contributed by atoms with Crippen molar-refractivity contribution in [1.82, 2.24) is 0 Å². The first kappa shape index (κ1) is 36.3. The van der Waals surface area contributed by atoms with Gasteiger partial charge in [-0.1, -0.05) is 12.0 Å². The van der Waals surface area contributed by atoms with Gasteiger partial charge in [0.15, 0.2) is 0 Å². The van der Waals surface area contributed by atoms with E-state index in [2.05, 4.69) is 123 Å². The van der Waals surface area contributed by atoms with Crippen LogP contribution in [-0.4, -0.2) is 73.3 Å². The topological polar surface area (TPSA) is 73.8 Å². The highest BCUT2D eigenvalue weighted by Crippen LogP contribution is 2.43. The second-order valence-corrected chi connectivity index (χ2v) is 17.1. The lowest BCUT2D eigenvalue weighted by Crippen LogP contribution is -2.41. The molecule has 4 fully saturated rings. The predicted octanol–water partition coefficient (Wildman–Crippen LogP) is 6.93. The van der Waals surface area contributed by atoms with Gasteiger partial charge in [0, 0.05) is 0 Å². The van der Waals surface area contributed by atoms with Crippen LogP contribution in [0.1, 0.15) is 136 Å². The molecule has 0 aromatic rings. The summed E-state index contributed by atoms with van der Waals surface area (Å²) in [5.41, 5.74) is -1.40. The summed E-state index contributed by atoms with van der Waals surface area (Å²) >= 11 is 0. The molecule has 0 aromatic carbocycles. The Morgan fingerprint density at radius 2 is 0.568 bits per heavy atom. The Bertz CT molecular complexity index is 989. The number of unbranched alkanes of at least 4 members (excludes halogenated alkanes) is 1. The molecule has 0 aliphatic carbocycles. The lowest BCUT2D eigenvalue weighted by atomic mass is 9.67. The molecule has 0 aromatic heterocycles. The zero-order valence-corrected chi connectivity index (χ0v) is 30.6. The minimum atomic E-state index is -0.474. The molecule has 8 nitrogen and oxygen atoms in total. The van der Waals surface area contributed by atoms with Crippen LogP contribution in [0.3, 0.4) is 0 Å². The van der Waals surface area contributed by atoms with E-state index in [1.54, 1.807) is 0 Å². The summed E-state index contributed by atoms with van der Waals surface area (Å²) in [4.78, 5) is 0. The van der Waals surface area contributed by atoms with E-state index >= 15 is 0 Å². The van der Waals surface area contributed by atoms with Crippen molar-refractivity contribution in [3.8, 4) is 0 Å². The quantitative estimate of drug-likeness (QED) is 0.205. The third kappa shape index (κ3) is 6.99. The largest absolute Gasteiger partial charge is 0.489 e. The first-order valence-corrected chi connectivity index (χ1v) is 16.5. The standard InChI is InChI=1S/C32H58B4O8/c1-25(2)26(3,4)38-33(37-25)21-23(35-41-29(9,10)30(11,12)42-35)19-17-18-20-24(36-43-31(13,14)32(15,16)44-36)22-34-39-27(5,6)28(7,8)40-34/h21-22H,17-20H2,1-16H3/b23-21-,24-22-. The summed E-state index contributed by atoms with van der Waals surface area (Å²) in [5, 5.41) is 0. The maximum atomic E-state index is 6.49. The van der Waals surface area contributed by atoms with Crippen LogP contribution in [0.2, 0.25) is 0 Å². The van der Waals surface area contributed by atoms with Gasteiger partial charge in [0.2, 0.25) is 0 Å². The van der Waals surface area contributed by atoms with Gasteiger partial charge in [0.1, 0.15) is 0 Å². The van der Waals surface area contributed by atoms with Crippen molar-refractivity contribution in [2.75, 3.05) is 0 Å². The van der Waals surface area contributed by atoms with E-state index in [0.29, 0.717) is 0 Å². The second-order valence-electron chi connectivity index (χ2n) is 17.1. The SMILES string of the molecule is CC1(C)OB(/C=C(/CCCC/C(=C/B2OC(C)(C)C(C)(C)O2)B2OC(C)(C)C(C)(C)O2)B2OC(C)(C)C(C)(C)O2)OC1(C)C. The first-order valence-electron chi connectivity index (χ1n) is 16.5. The van der Waals surface area contributed by atoms with Crippen LogP contribution in [0, 0.1) is 0 Å². The third-order valence-electron chi connectivity index (χ3n) is 11.5. The Kier molecular flexibility index (Phi) is 9.51. The van der Waals surface area contributed by atoms with Crippen LogP contribution in [0.4, 0.5) is 0 Å². The molecule has 0 N–H and O–H groups in total. The summed E-state index contributed by atoms with van der Waals surface area (Å²) in [7, 11) is -1.89. The zero-order valence-electron chi connectivity index (χ0n) is 30.6. The van der Waals surface area contributed by atoms with E-state index in [-0.39, 0.29) is 0 Å². The van der Waals surface area contributed by atoms with Gasteiger partial charge in [-0.25, -0.2) is 0 Å². The lowest BCUT2D eigenvalue weighted by Gasteiger charge is -2.32. The van der Waals surface area contributed by atoms with Crippen LogP contribution in [0.25, 0.3) is 0 Å². The van der Waals surface area contributed by atoms with E-state index < -0.39 is 73.3 Å². The second kappa shape index (κ2) is 11.5. The molecular formula is C32H58B4O8. The summed E-state index contributed by atoms with van der Waals surface area (Å²) in [5.74, 6) is 4.13. The van der Waals surface area contributed by atoms with Gasteiger partial charge in [-0.05, 0) is 147 Å². The Hall–Kier alpha value is -0.580. The third-order valence-corrected chi connectivity index (χ3v) is 11.5. The summed E-state index contributed by atoms with van der Waals surface area (Å²) in [6.45, 7) is 33.2. The fourth-order valence-electron chi connectivity index (χ4n) is 5.47. The lowest BCUT2D eigenvalue weighted by molar-refractivity contribution is 0.00578. The minimum Gasteiger partial charge on any atom is -0.400 e. The van der Waals surface area contributed by atoms with Gasteiger partial charge in [-0.3, -0.25) is 0 Å². The van der Waals surface area contributed by atoms with Crippen LogP contribution in [-0.2, 0) is 37.2 Å². The predicted molar refractivity (Wildman–Crippen MR) is 179 cm³/mol. The molecule has 0 bridgehead atoms. The van der Waals surface area contributed by atoms with Crippen molar-refractivity contribution < 1.29 is 37.2 Å². The molecule has 12 heteroatoms. The molecule has 44 heavy (non-hydrogen) atoms. The van der Waals surface area contributed by atoms with Gasteiger partial charge in [-0.2, -0.15) is 0 Å². The molecule has 4 saturated heterocycles. The molecule has 0 spiro atoms. The van der Waals surface area contributed by atoms with Crippen LogP contribution >= 0.6 is 0 Å². The van der Waals surface area contributed by atoms with Crippen molar-refractivity contribution in [3.05, 3.63) is 22.9 Å². The Balaban J connectivity index is 1.51. The van der Waals surface area contributed by atoms with Crippen molar-refractivity contribution in [3.63, 3.8) is 0 Å². The van der Waals surface area contributed by atoms with E-state index in [1.165, 1.54) is 0 Å². The van der Waals surface area contributed by atoms with Crippen molar-refractivity contribution in [1.29, 1.82) is 0 Å². The van der Waals surface area contributed by atoms with Gasteiger partial charge in [0.05, 0.1) is 44.8 Å². The molecule has 0 atom stereocenters. The van der Waals surface area contributed by atoms with Crippen LogP contribution in [0.15, 0.2) is 22.9 Å². The highest BCUT2D eigenvalue weighted by molar-refractivity contribution is 6.61. The Morgan fingerprint density at radius 1 is 0.364 bits per heavy atom. The molecule has 0 amide bonds. The van der Waals surface area contributed by atoms with E-state index in [9.17, 15) is 0 Å². The van der Waals surface area contributed by atoms with Gasteiger partial charge in [-0.15, -0.1) is 0 Å². The highest BCUT2D eigenvalue weighted by atomic mass is 16.7. The number of hydrogen-bond acceptors (Lipinski definition) is 8. The fourth-order valence-corrected chi connectivity index (χ4v) is 5.47. The molecule has 0 unspecified atom stereocenters. The van der Waals surface area contributed by atoms with Crippen molar-refractivity contribution in [2.45, 2.75) is 181 Å². The van der Waals surface area contributed by atoms with Crippen molar-refractivity contribution >= 4 is 28.5 Å². The van der Waals surface area contributed by atoms with Crippen LogP contribution < -0.4 is 0 Å².